The summed E-state index contributed by atoms with van der Waals surface area (Å²) in [4.78, 5) is 0. The van der Waals surface area contributed by atoms with Crippen molar-refractivity contribution in [2.45, 2.75) is 46.1 Å². The highest BCUT2D eigenvalue weighted by atomic mass is 35.5. The summed E-state index contributed by atoms with van der Waals surface area (Å²) < 4.78 is 1.94. The molecule has 0 saturated carbocycles. The van der Waals surface area contributed by atoms with E-state index < -0.39 is 0 Å². The summed E-state index contributed by atoms with van der Waals surface area (Å²) >= 11 is 5.89. The predicted octanol–water partition coefficient (Wildman–Crippen LogP) is 3.43. The molecule has 0 N–H and O–H groups in total. The van der Waals surface area contributed by atoms with E-state index in [4.69, 9.17) is 11.6 Å². The molecule has 0 aliphatic rings. The normalized spacial score (nSPS) is 10.7. The van der Waals surface area contributed by atoms with Gasteiger partial charge in [0.05, 0.1) is 10.7 Å². The maximum Gasteiger partial charge on any atom is 0.0814 e. The van der Waals surface area contributed by atoms with Crippen molar-refractivity contribution in [3.63, 3.8) is 0 Å². The van der Waals surface area contributed by atoms with E-state index in [9.17, 15) is 0 Å². The fraction of sp³-hybridized carbons (Fsp3) is 0.700. The Labute approximate surface area is 84.9 Å². The number of unbranched alkanes of at least 4 members (excludes halogenated alkanes) is 3. The number of rotatable bonds is 5. The third kappa shape index (κ3) is 3.39. The van der Waals surface area contributed by atoms with Crippen LogP contribution in [0.5, 0.6) is 0 Å². The second-order valence-corrected chi connectivity index (χ2v) is 3.79. The predicted molar refractivity (Wildman–Crippen MR) is 56.1 cm³/mol. The van der Waals surface area contributed by atoms with E-state index in [2.05, 4.69) is 12.0 Å². The molecule has 1 rings (SSSR count). The average molecular weight is 201 g/mol. The molecule has 1 aromatic heterocycles. The fourth-order valence-electron chi connectivity index (χ4n) is 1.31. The molecule has 0 aliphatic carbocycles. The Bertz CT molecular complexity index is 236. The van der Waals surface area contributed by atoms with Crippen LogP contribution >= 0.6 is 11.6 Å². The highest BCUT2D eigenvalue weighted by Gasteiger charge is 2.00. The highest BCUT2D eigenvalue weighted by Crippen LogP contribution is 2.12. The molecule has 0 amide bonds. The van der Waals surface area contributed by atoms with Gasteiger partial charge in [0.1, 0.15) is 0 Å². The summed E-state index contributed by atoms with van der Waals surface area (Å²) in [5, 5.41) is 5.07. The van der Waals surface area contributed by atoms with Gasteiger partial charge in [-0.3, -0.25) is 4.68 Å². The Balaban J connectivity index is 2.29. The minimum Gasteiger partial charge on any atom is -0.271 e. The Morgan fingerprint density at radius 3 is 2.69 bits per heavy atom. The van der Waals surface area contributed by atoms with Gasteiger partial charge in [0.2, 0.25) is 0 Å². The van der Waals surface area contributed by atoms with E-state index in [-0.39, 0.29) is 0 Å². The Morgan fingerprint density at radius 2 is 2.15 bits per heavy atom. The van der Waals surface area contributed by atoms with E-state index in [1.807, 2.05) is 17.8 Å². The SMILES string of the molecule is CCCCCCn1cc(Cl)c(C)n1. The van der Waals surface area contributed by atoms with Crippen LogP contribution in [0.25, 0.3) is 0 Å². The van der Waals surface area contributed by atoms with Crippen LogP contribution in [0.4, 0.5) is 0 Å². The summed E-state index contributed by atoms with van der Waals surface area (Å²) in [6.07, 6.45) is 6.98. The molecular weight excluding hydrogens is 184 g/mol. The van der Waals surface area contributed by atoms with Gasteiger partial charge in [0.25, 0.3) is 0 Å². The first-order valence-corrected chi connectivity index (χ1v) is 5.31. The molecule has 13 heavy (non-hydrogen) atoms. The zero-order valence-corrected chi connectivity index (χ0v) is 9.14. The Kier molecular flexibility index (Phi) is 4.29. The average Bonchev–Trinajstić information content (AvgIpc) is 2.41. The third-order valence-electron chi connectivity index (χ3n) is 2.13. The first-order valence-electron chi connectivity index (χ1n) is 4.93. The monoisotopic (exact) mass is 200 g/mol. The Morgan fingerprint density at radius 1 is 1.38 bits per heavy atom. The molecule has 74 valence electrons. The summed E-state index contributed by atoms with van der Waals surface area (Å²) in [6.45, 7) is 5.15. The van der Waals surface area contributed by atoms with Crippen LogP contribution in [-0.2, 0) is 6.54 Å². The lowest BCUT2D eigenvalue weighted by molar-refractivity contribution is 0.539. The van der Waals surface area contributed by atoms with E-state index in [1.54, 1.807) is 0 Å². The molecule has 0 bridgehead atoms. The lowest BCUT2D eigenvalue weighted by Gasteiger charge is -1.99. The first-order chi connectivity index (χ1) is 6.24. The molecular formula is C10H17ClN2. The molecule has 0 saturated heterocycles. The van der Waals surface area contributed by atoms with E-state index in [0.717, 1.165) is 17.3 Å². The number of nitrogens with zero attached hydrogens (tertiary/aromatic N) is 2. The quantitative estimate of drug-likeness (QED) is 0.666. The zero-order chi connectivity index (χ0) is 9.68. The van der Waals surface area contributed by atoms with Crippen LogP contribution < -0.4 is 0 Å². The number of halogens is 1. The number of hydrogen-bond acceptors (Lipinski definition) is 1. The van der Waals surface area contributed by atoms with Gasteiger partial charge in [-0.25, -0.2) is 0 Å². The van der Waals surface area contributed by atoms with Crippen molar-refractivity contribution in [2.75, 3.05) is 0 Å². The van der Waals surface area contributed by atoms with Crippen molar-refractivity contribution in [3.05, 3.63) is 16.9 Å². The minimum atomic E-state index is 0.774. The van der Waals surface area contributed by atoms with Gasteiger partial charge in [-0.05, 0) is 13.3 Å². The number of hydrogen-bond donors (Lipinski definition) is 0. The van der Waals surface area contributed by atoms with Crippen molar-refractivity contribution in [3.8, 4) is 0 Å². The van der Waals surface area contributed by atoms with E-state index in [0.29, 0.717) is 0 Å². The van der Waals surface area contributed by atoms with Crippen LogP contribution in [0.3, 0.4) is 0 Å². The van der Waals surface area contributed by atoms with Crippen molar-refractivity contribution in [1.82, 2.24) is 9.78 Å². The summed E-state index contributed by atoms with van der Waals surface area (Å²) in [5.74, 6) is 0. The van der Waals surface area contributed by atoms with Gasteiger partial charge in [-0.2, -0.15) is 5.10 Å². The van der Waals surface area contributed by atoms with Crippen LogP contribution in [0.1, 0.15) is 38.3 Å². The smallest absolute Gasteiger partial charge is 0.0814 e. The molecule has 0 aromatic carbocycles. The van der Waals surface area contributed by atoms with E-state index >= 15 is 0 Å². The van der Waals surface area contributed by atoms with Crippen LogP contribution in [0, 0.1) is 6.92 Å². The molecule has 1 heterocycles. The zero-order valence-electron chi connectivity index (χ0n) is 8.39. The van der Waals surface area contributed by atoms with Crippen molar-refractivity contribution >= 4 is 11.6 Å². The third-order valence-corrected chi connectivity index (χ3v) is 2.50. The van der Waals surface area contributed by atoms with E-state index in [1.165, 1.54) is 25.7 Å². The molecule has 0 spiro atoms. The van der Waals surface area contributed by atoms with Crippen LogP contribution in [0.15, 0.2) is 6.20 Å². The molecule has 0 atom stereocenters. The van der Waals surface area contributed by atoms with Gasteiger partial charge >= 0.3 is 0 Å². The van der Waals surface area contributed by atoms with Crippen LogP contribution in [-0.4, -0.2) is 9.78 Å². The lowest BCUT2D eigenvalue weighted by Crippen LogP contribution is -1.98. The number of aromatic nitrogens is 2. The van der Waals surface area contributed by atoms with Crippen LogP contribution in [0.2, 0.25) is 5.02 Å². The van der Waals surface area contributed by atoms with Gasteiger partial charge in [0.15, 0.2) is 0 Å². The molecule has 1 aromatic rings. The molecule has 2 nitrogen and oxygen atoms in total. The maximum atomic E-state index is 5.89. The first kappa shape index (κ1) is 10.6. The van der Waals surface area contributed by atoms with Gasteiger partial charge in [0, 0.05) is 12.7 Å². The van der Waals surface area contributed by atoms with Gasteiger partial charge < -0.3 is 0 Å². The second-order valence-electron chi connectivity index (χ2n) is 3.39. The molecule has 3 heteroatoms. The van der Waals surface area contributed by atoms with Crippen molar-refractivity contribution in [1.29, 1.82) is 0 Å². The Hall–Kier alpha value is -0.500. The fourth-order valence-corrected chi connectivity index (χ4v) is 1.46. The molecule has 0 radical (unpaired) electrons. The van der Waals surface area contributed by atoms with Gasteiger partial charge in [-0.1, -0.05) is 37.8 Å². The second kappa shape index (κ2) is 5.28. The summed E-state index contributed by atoms with van der Waals surface area (Å²) in [6, 6.07) is 0. The maximum absolute atomic E-state index is 5.89. The standard InChI is InChI=1S/C10H17ClN2/c1-3-4-5-6-7-13-8-10(11)9(2)12-13/h8H,3-7H2,1-2H3. The van der Waals surface area contributed by atoms with Gasteiger partial charge in [-0.15, -0.1) is 0 Å². The highest BCUT2D eigenvalue weighted by molar-refractivity contribution is 6.31. The van der Waals surface area contributed by atoms with Crippen molar-refractivity contribution < 1.29 is 0 Å². The molecule has 0 fully saturated rings. The lowest BCUT2D eigenvalue weighted by atomic mass is 10.2. The molecule has 0 aliphatic heterocycles. The minimum absolute atomic E-state index is 0.774. The summed E-state index contributed by atoms with van der Waals surface area (Å²) in [5.41, 5.74) is 0.928. The largest absolute Gasteiger partial charge is 0.271 e. The topological polar surface area (TPSA) is 17.8 Å². The summed E-state index contributed by atoms with van der Waals surface area (Å²) in [7, 11) is 0. The number of aryl methyl sites for hydroxylation is 2. The molecule has 0 unspecified atom stereocenters. The van der Waals surface area contributed by atoms with Crippen molar-refractivity contribution in [2.24, 2.45) is 0 Å².